The molecule has 0 amide bonds. The van der Waals surface area contributed by atoms with Gasteiger partial charge in [-0.2, -0.15) is 0 Å². The molecule has 1 N–H and O–H groups in total. The molecular formula is C21H24N2O. The van der Waals surface area contributed by atoms with E-state index in [1.54, 1.807) is 4.68 Å². The SMILES string of the molecule is CCCCc1c(-c2ccccc2C)[nH]n(-c2ccccc2C)c1=O. The number of unbranched alkanes of at least 4 members (excludes halogenated alkanes) is 1. The third-order valence-electron chi connectivity index (χ3n) is 4.54. The summed E-state index contributed by atoms with van der Waals surface area (Å²) in [5.74, 6) is 0. The van der Waals surface area contributed by atoms with Gasteiger partial charge in [-0.25, -0.2) is 4.68 Å². The summed E-state index contributed by atoms with van der Waals surface area (Å²) in [6.45, 7) is 6.27. The molecule has 3 heteroatoms. The molecule has 0 aliphatic heterocycles. The summed E-state index contributed by atoms with van der Waals surface area (Å²) in [6.07, 6.45) is 2.89. The van der Waals surface area contributed by atoms with Crippen LogP contribution < -0.4 is 5.56 Å². The molecule has 0 unspecified atom stereocenters. The predicted molar refractivity (Wildman–Crippen MR) is 99.9 cm³/mol. The quantitative estimate of drug-likeness (QED) is 0.721. The van der Waals surface area contributed by atoms with Gasteiger partial charge in [-0.15, -0.1) is 0 Å². The molecule has 3 nitrogen and oxygen atoms in total. The van der Waals surface area contributed by atoms with Gasteiger partial charge < -0.3 is 0 Å². The van der Waals surface area contributed by atoms with E-state index in [0.29, 0.717) is 0 Å². The lowest BCUT2D eigenvalue weighted by atomic mass is 10.00. The van der Waals surface area contributed by atoms with E-state index >= 15 is 0 Å². The van der Waals surface area contributed by atoms with Crippen LogP contribution in [0, 0.1) is 13.8 Å². The highest BCUT2D eigenvalue weighted by atomic mass is 16.1. The van der Waals surface area contributed by atoms with Crippen LogP contribution in [0.5, 0.6) is 0 Å². The van der Waals surface area contributed by atoms with E-state index in [1.807, 2.05) is 43.3 Å². The van der Waals surface area contributed by atoms with Crippen LogP contribution in [0.15, 0.2) is 53.3 Å². The minimum absolute atomic E-state index is 0.0657. The Labute approximate surface area is 143 Å². The van der Waals surface area contributed by atoms with Gasteiger partial charge in [0, 0.05) is 11.1 Å². The van der Waals surface area contributed by atoms with E-state index in [1.165, 1.54) is 5.56 Å². The molecule has 2 aromatic carbocycles. The van der Waals surface area contributed by atoms with Gasteiger partial charge in [0.2, 0.25) is 0 Å². The summed E-state index contributed by atoms with van der Waals surface area (Å²) in [7, 11) is 0. The van der Waals surface area contributed by atoms with E-state index in [4.69, 9.17) is 0 Å². The molecule has 0 spiro atoms. The van der Waals surface area contributed by atoms with Crippen LogP contribution in [0.25, 0.3) is 16.9 Å². The predicted octanol–water partition coefficient (Wildman–Crippen LogP) is 4.79. The first-order valence-corrected chi connectivity index (χ1v) is 8.59. The van der Waals surface area contributed by atoms with Gasteiger partial charge >= 0.3 is 0 Å². The maximum atomic E-state index is 13.1. The second-order valence-corrected chi connectivity index (χ2v) is 6.31. The molecule has 0 aliphatic rings. The van der Waals surface area contributed by atoms with Crippen molar-refractivity contribution in [3.8, 4) is 16.9 Å². The van der Waals surface area contributed by atoms with Crippen LogP contribution in [0.1, 0.15) is 36.5 Å². The molecule has 24 heavy (non-hydrogen) atoms. The Morgan fingerprint density at radius 3 is 2.29 bits per heavy atom. The third-order valence-corrected chi connectivity index (χ3v) is 4.54. The normalized spacial score (nSPS) is 11.0. The highest BCUT2D eigenvalue weighted by Crippen LogP contribution is 2.25. The van der Waals surface area contributed by atoms with Gasteiger partial charge in [-0.05, 0) is 43.9 Å². The molecule has 1 heterocycles. The highest BCUT2D eigenvalue weighted by Gasteiger charge is 2.18. The molecular weight excluding hydrogens is 296 g/mol. The summed E-state index contributed by atoms with van der Waals surface area (Å²) >= 11 is 0. The Bertz CT molecular complexity index is 902. The summed E-state index contributed by atoms with van der Waals surface area (Å²) in [5, 5.41) is 3.38. The number of aryl methyl sites for hydroxylation is 2. The minimum atomic E-state index is 0.0657. The topological polar surface area (TPSA) is 37.8 Å². The summed E-state index contributed by atoms with van der Waals surface area (Å²) < 4.78 is 1.70. The zero-order valence-electron chi connectivity index (χ0n) is 14.6. The molecule has 0 saturated heterocycles. The number of nitrogens with one attached hydrogen (secondary N) is 1. The lowest BCUT2D eigenvalue weighted by Crippen LogP contribution is -2.18. The second kappa shape index (κ2) is 6.91. The van der Waals surface area contributed by atoms with Crippen molar-refractivity contribution in [1.29, 1.82) is 0 Å². The fourth-order valence-electron chi connectivity index (χ4n) is 3.12. The summed E-state index contributed by atoms with van der Waals surface area (Å²) in [5.41, 5.74) is 6.18. The molecule has 3 aromatic rings. The molecule has 124 valence electrons. The largest absolute Gasteiger partial charge is 0.290 e. The number of nitrogens with zero attached hydrogens (tertiary/aromatic N) is 1. The van der Waals surface area contributed by atoms with Crippen LogP contribution in [-0.2, 0) is 6.42 Å². The van der Waals surface area contributed by atoms with Gasteiger partial charge in [0.25, 0.3) is 5.56 Å². The molecule has 1 aromatic heterocycles. The lowest BCUT2D eigenvalue weighted by molar-refractivity contribution is 0.786. The van der Waals surface area contributed by atoms with Gasteiger partial charge in [0.05, 0.1) is 11.4 Å². The van der Waals surface area contributed by atoms with Crippen LogP contribution in [0.2, 0.25) is 0 Å². The number of para-hydroxylation sites is 1. The van der Waals surface area contributed by atoms with Crippen molar-refractivity contribution < 1.29 is 0 Å². The minimum Gasteiger partial charge on any atom is -0.290 e. The van der Waals surface area contributed by atoms with Crippen molar-refractivity contribution in [3.63, 3.8) is 0 Å². The van der Waals surface area contributed by atoms with Crippen molar-refractivity contribution >= 4 is 0 Å². The Morgan fingerprint density at radius 1 is 0.958 bits per heavy atom. The van der Waals surface area contributed by atoms with Gasteiger partial charge in [-0.3, -0.25) is 9.89 Å². The maximum Gasteiger partial charge on any atom is 0.275 e. The molecule has 0 saturated carbocycles. The number of aromatic amines is 1. The number of rotatable bonds is 5. The Hall–Kier alpha value is -2.55. The number of benzene rings is 2. The van der Waals surface area contributed by atoms with Crippen LogP contribution in [0.3, 0.4) is 0 Å². The van der Waals surface area contributed by atoms with Crippen molar-refractivity contribution in [2.75, 3.05) is 0 Å². The number of hydrogen-bond donors (Lipinski definition) is 1. The number of hydrogen-bond acceptors (Lipinski definition) is 1. The van der Waals surface area contributed by atoms with Crippen LogP contribution in [0.4, 0.5) is 0 Å². The van der Waals surface area contributed by atoms with Crippen molar-refractivity contribution in [3.05, 3.63) is 75.6 Å². The molecule has 3 rings (SSSR count). The molecule has 0 aliphatic carbocycles. The van der Waals surface area contributed by atoms with Crippen molar-refractivity contribution in [2.24, 2.45) is 0 Å². The summed E-state index contributed by atoms with van der Waals surface area (Å²) in [6, 6.07) is 16.2. The van der Waals surface area contributed by atoms with Gasteiger partial charge in [-0.1, -0.05) is 55.8 Å². The van der Waals surface area contributed by atoms with E-state index in [0.717, 1.165) is 47.3 Å². The number of H-pyrrole nitrogens is 1. The molecule has 0 fully saturated rings. The fraction of sp³-hybridized carbons (Fsp3) is 0.286. The smallest absolute Gasteiger partial charge is 0.275 e. The van der Waals surface area contributed by atoms with E-state index in [-0.39, 0.29) is 5.56 Å². The second-order valence-electron chi connectivity index (χ2n) is 6.31. The van der Waals surface area contributed by atoms with Crippen LogP contribution in [-0.4, -0.2) is 9.78 Å². The first kappa shape index (κ1) is 16.3. The standard InChI is InChI=1S/C21H24N2O/c1-4-5-12-18-20(17-13-8-6-10-15(17)2)22-23(21(18)24)19-14-9-7-11-16(19)3/h6-11,13-14,22H,4-5,12H2,1-3H3. The van der Waals surface area contributed by atoms with E-state index in [2.05, 4.69) is 31.1 Å². The zero-order valence-corrected chi connectivity index (χ0v) is 14.6. The summed E-state index contributed by atoms with van der Waals surface area (Å²) in [4.78, 5) is 13.1. The highest BCUT2D eigenvalue weighted by molar-refractivity contribution is 5.67. The molecule has 0 radical (unpaired) electrons. The van der Waals surface area contributed by atoms with E-state index in [9.17, 15) is 4.79 Å². The first-order valence-electron chi connectivity index (χ1n) is 8.59. The van der Waals surface area contributed by atoms with Crippen molar-refractivity contribution in [1.82, 2.24) is 9.78 Å². The van der Waals surface area contributed by atoms with E-state index < -0.39 is 0 Å². The number of aromatic nitrogens is 2. The lowest BCUT2D eigenvalue weighted by Gasteiger charge is -2.07. The molecule has 0 bridgehead atoms. The maximum absolute atomic E-state index is 13.1. The zero-order chi connectivity index (χ0) is 17.1. The Morgan fingerprint density at radius 2 is 1.62 bits per heavy atom. The molecule has 0 atom stereocenters. The first-order chi connectivity index (χ1) is 11.6. The van der Waals surface area contributed by atoms with Crippen molar-refractivity contribution in [2.45, 2.75) is 40.0 Å². The van der Waals surface area contributed by atoms with Crippen LogP contribution >= 0.6 is 0 Å². The van der Waals surface area contributed by atoms with Gasteiger partial charge in [0.15, 0.2) is 0 Å². The third kappa shape index (κ3) is 2.94. The average Bonchev–Trinajstić information content (AvgIpc) is 2.90. The Balaban J connectivity index is 2.22. The average molecular weight is 320 g/mol. The van der Waals surface area contributed by atoms with Gasteiger partial charge in [0.1, 0.15) is 0 Å². The monoisotopic (exact) mass is 320 g/mol. The Kier molecular flexibility index (Phi) is 4.70. The fourth-order valence-corrected chi connectivity index (χ4v) is 3.12.